The number of esters is 1. The number of carbonyl (C=O) groups excluding carboxylic acids is 2. The van der Waals surface area contributed by atoms with Crippen LogP contribution in [0.4, 0.5) is 5.69 Å². The molecule has 1 N–H and O–H groups in total. The molecule has 5 heteroatoms. The average molecular weight is 355 g/mol. The van der Waals surface area contributed by atoms with Gasteiger partial charge in [-0.15, -0.1) is 0 Å². The number of aryl methyl sites for hydroxylation is 2. The average Bonchev–Trinajstić information content (AvgIpc) is 2.62. The van der Waals surface area contributed by atoms with Crippen LogP contribution < -0.4 is 10.1 Å². The fraction of sp³-hybridized carbons (Fsp3) is 0.333. The largest absolute Gasteiger partial charge is 0.479 e. The summed E-state index contributed by atoms with van der Waals surface area (Å²) in [6.45, 7) is 7.28. The third-order valence-electron chi connectivity index (χ3n) is 3.96. The number of anilines is 1. The number of hydrogen-bond donors (Lipinski definition) is 1. The lowest BCUT2D eigenvalue weighted by Crippen LogP contribution is -2.36. The number of ether oxygens (including phenoxy) is 2. The normalized spacial score (nSPS) is 12.8. The molecule has 138 valence electrons. The molecule has 26 heavy (non-hydrogen) atoms. The number of rotatable bonds is 7. The van der Waals surface area contributed by atoms with Gasteiger partial charge in [-0.25, -0.2) is 4.79 Å². The van der Waals surface area contributed by atoms with Crippen LogP contribution in [-0.2, 0) is 14.3 Å². The van der Waals surface area contributed by atoms with Crippen molar-refractivity contribution in [3.63, 3.8) is 0 Å². The lowest BCUT2D eigenvalue weighted by molar-refractivity contribution is -0.160. The van der Waals surface area contributed by atoms with Gasteiger partial charge in [0.25, 0.3) is 5.91 Å². The molecule has 0 saturated heterocycles. The molecule has 0 heterocycles. The fourth-order valence-corrected chi connectivity index (χ4v) is 2.45. The topological polar surface area (TPSA) is 64.6 Å². The van der Waals surface area contributed by atoms with E-state index in [0.29, 0.717) is 17.9 Å². The van der Waals surface area contributed by atoms with Crippen LogP contribution in [0, 0.1) is 13.8 Å². The van der Waals surface area contributed by atoms with Crippen molar-refractivity contribution in [3.8, 4) is 5.75 Å². The molecular formula is C21H25NO4. The Kier molecular flexibility index (Phi) is 6.78. The van der Waals surface area contributed by atoms with E-state index in [4.69, 9.17) is 9.47 Å². The maximum Gasteiger partial charge on any atom is 0.348 e. The zero-order chi connectivity index (χ0) is 19.1. The van der Waals surface area contributed by atoms with Crippen LogP contribution in [0.3, 0.4) is 0 Å². The molecule has 2 aromatic rings. The number of carbonyl (C=O) groups is 2. The van der Waals surface area contributed by atoms with E-state index in [9.17, 15) is 9.59 Å². The summed E-state index contributed by atoms with van der Waals surface area (Å²) < 4.78 is 10.9. The first-order chi connectivity index (χ1) is 12.4. The summed E-state index contributed by atoms with van der Waals surface area (Å²) in [5, 5.41) is 2.79. The molecule has 0 aliphatic carbocycles. The zero-order valence-corrected chi connectivity index (χ0v) is 15.6. The molecule has 2 atom stereocenters. The first-order valence-corrected chi connectivity index (χ1v) is 8.71. The first-order valence-electron chi connectivity index (χ1n) is 8.71. The molecule has 5 nitrogen and oxygen atoms in total. The van der Waals surface area contributed by atoms with Gasteiger partial charge in [-0.1, -0.05) is 42.8 Å². The highest BCUT2D eigenvalue weighted by Gasteiger charge is 2.25. The quantitative estimate of drug-likeness (QED) is 0.762. The van der Waals surface area contributed by atoms with E-state index in [1.165, 1.54) is 0 Å². The monoisotopic (exact) mass is 355 g/mol. The smallest absolute Gasteiger partial charge is 0.348 e. The third-order valence-corrected chi connectivity index (χ3v) is 3.96. The van der Waals surface area contributed by atoms with Crippen molar-refractivity contribution in [2.45, 2.75) is 46.3 Å². The standard InChI is InChI=1S/C21H25NO4/c1-5-19(26-17-9-7-6-8-10-17)21(24)25-16(4)20(23)22-18-12-11-14(2)13-15(18)3/h6-13,16,19H,5H2,1-4H3,(H,22,23)/t16-,19+/m1/s1. The number of nitrogens with one attached hydrogen (secondary N) is 1. The van der Waals surface area contributed by atoms with Crippen molar-refractivity contribution in [3.05, 3.63) is 59.7 Å². The van der Waals surface area contributed by atoms with Crippen LogP contribution in [0.2, 0.25) is 0 Å². The second-order valence-electron chi connectivity index (χ2n) is 6.21. The Morgan fingerprint density at radius 2 is 1.77 bits per heavy atom. The molecule has 0 aliphatic rings. The van der Waals surface area contributed by atoms with Gasteiger partial charge in [0.2, 0.25) is 0 Å². The summed E-state index contributed by atoms with van der Waals surface area (Å²) in [7, 11) is 0. The zero-order valence-electron chi connectivity index (χ0n) is 15.6. The Morgan fingerprint density at radius 1 is 1.08 bits per heavy atom. The van der Waals surface area contributed by atoms with Gasteiger partial charge in [0.05, 0.1) is 0 Å². The molecular weight excluding hydrogens is 330 g/mol. The molecule has 1 amide bonds. The number of para-hydroxylation sites is 1. The number of benzene rings is 2. The Bertz CT molecular complexity index is 758. The van der Waals surface area contributed by atoms with Crippen LogP contribution in [0.5, 0.6) is 5.75 Å². The second kappa shape index (κ2) is 9.04. The summed E-state index contributed by atoms with van der Waals surface area (Å²) in [5.74, 6) is -0.344. The molecule has 0 unspecified atom stereocenters. The fourth-order valence-electron chi connectivity index (χ4n) is 2.45. The highest BCUT2D eigenvalue weighted by molar-refractivity contribution is 5.95. The summed E-state index contributed by atoms with van der Waals surface area (Å²) in [5.41, 5.74) is 2.77. The van der Waals surface area contributed by atoms with Gasteiger partial charge in [-0.2, -0.15) is 0 Å². The minimum atomic E-state index is -0.920. The minimum absolute atomic E-state index is 0.375. The minimum Gasteiger partial charge on any atom is -0.479 e. The van der Waals surface area contributed by atoms with Crippen LogP contribution in [0.1, 0.15) is 31.4 Å². The first kappa shape index (κ1) is 19.5. The van der Waals surface area contributed by atoms with Crippen LogP contribution in [0.15, 0.2) is 48.5 Å². The maximum absolute atomic E-state index is 12.3. The Morgan fingerprint density at radius 3 is 2.38 bits per heavy atom. The number of hydrogen-bond acceptors (Lipinski definition) is 4. The predicted molar refractivity (Wildman–Crippen MR) is 101 cm³/mol. The molecule has 0 saturated carbocycles. The third kappa shape index (κ3) is 5.34. The molecule has 0 spiro atoms. The maximum atomic E-state index is 12.3. The molecule has 0 fully saturated rings. The number of amides is 1. The van der Waals surface area contributed by atoms with Gasteiger partial charge in [0.15, 0.2) is 12.2 Å². The van der Waals surface area contributed by atoms with Crippen LogP contribution in [0.25, 0.3) is 0 Å². The van der Waals surface area contributed by atoms with Crippen molar-refractivity contribution in [2.75, 3.05) is 5.32 Å². The summed E-state index contributed by atoms with van der Waals surface area (Å²) in [6, 6.07) is 14.8. The second-order valence-corrected chi connectivity index (χ2v) is 6.21. The van der Waals surface area contributed by atoms with E-state index in [-0.39, 0.29) is 5.91 Å². The highest BCUT2D eigenvalue weighted by atomic mass is 16.6. The van der Waals surface area contributed by atoms with Crippen molar-refractivity contribution >= 4 is 17.6 Å². The SMILES string of the molecule is CC[C@H](Oc1ccccc1)C(=O)O[C@H](C)C(=O)Nc1ccc(C)cc1C. The molecule has 0 radical (unpaired) electrons. The Labute approximate surface area is 154 Å². The molecule has 0 aliphatic heterocycles. The van der Waals surface area contributed by atoms with E-state index in [2.05, 4.69) is 5.32 Å². The molecule has 0 aromatic heterocycles. The molecule has 0 bridgehead atoms. The Hall–Kier alpha value is -2.82. The van der Waals surface area contributed by atoms with Gasteiger partial charge < -0.3 is 14.8 Å². The summed E-state index contributed by atoms with van der Waals surface area (Å²) in [6.07, 6.45) is -1.23. The summed E-state index contributed by atoms with van der Waals surface area (Å²) >= 11 is 0. The van der Waals surface area contributed by atoms with Crippen molar-refractivity contribution in [1.82, 2.24) is 0 Å². The van der Waals surface area contributed by atoms with Gasteiger partial charge in [0.1, 0.15) is 5.75 Å². The van der Waals surface area contributed by atoms with E-state index >= 15 is 0 Å². The van der Waals surface area contributed by atoms with Crippen LogP contribution >= 0.6 is 0 Å². The van der Waals surface area contributed by atoms with E-state index in [0.717, 1.165) is 11.1 Å². The van der Waals surface area contributed by atoms with E-state index in [1.54, 1.807) is 19.1 Å². The van der Waals surface area contributed by atoms with Crippen molar-refractivity contribution in [1.29, 1.82) is 0 Å². The van der Waals surface area contributed by atoms with Crippen LogP contribution in [-0.4, -0.2) is 24.1 Å². The lowest BCUT2D eigenvalue weighted by atomic mass is 10.1. The van der Waals surface area contributed by atoms with E-state index in [1.807, 2.05) is 57.2 Å². The lowest BCUT2D eigenvalue weighted by Gasteiger charge is -2.20. The van der Waals surface area contributed by atoms with Gasteiger partial charge in [-0.3, -0.25) is 4.79 Å². The van der Waals surface area contributed by atoms with Gasteiger partial charge in [-0.05, 0) is 51.0 Å². The Balaban J connectivity index is 1.94. The highest BCUT2D eigenvalue weighted by Crippen LogP contribution is 2.17. The van der Waals surface area contributed by atoms with E-state index < -0.39 is 18.2 Å². The van der Waals surface area contributed by atoms with Gasteiger partial charge >= 0.3 is 5.97 Å². The van der Waals surface area contributed by atoms with Crippen molar-refractivity contribution in [2.24, 2.45) is 0 Å². The molecule has 2 aromatic carbocycles. The van der Waals surface area contributed by atoms with Crippen molar-refractivity contribution < 1.29 is 19.1 Å². The summed E-state index contributed by atoms with van der Waals surface area (Å²) in [4.78, 5) is 24.7. The molecule has 2 rings (SSSR count). The van der Waals surface area contributed by atoms with Gasteiger partial charge in [0, 0.05) is 5.69 Å². The predicted octanol–water partition coefficient (Wildman–Crippen LogP) is 4.03.